The van der Waals surface area contributed by atoms with E-state index in [1.165, 1.54) is 46.7 Å². The van der Waals surface area contributed by atoms with Crippen LogP contribution in [0, 0.1) is 0 Å². The molecule has 0 amide bonds. The SMILES string of the molecule is Brc1ccc(Br)c(CCCCNC2CC2)c1. The highest BCUT2D eigenvalue weighted by Crippen LogP contribution is 2.23. The molecule has 88 valence electrons. The minimum atomic E-state index is 0.845. The Morgan fingerprint density at radius 2 is 2.00 bits per heavy atom. The number of hydrogen-bond acceptors (Lipinski definition) is 1. The van der Waals surface area contributed by atoms with E-state index in [4.69, 9.17) is 0 Å². The maximum absolute atomic E-state index is 3.60. The second-order valence-corrected chi connectivity index (χ2v) is 6.19. The minimum absolute atomic E-state index is 0.845. The molecule has 0 heterocycles. The molecule has 1 aromatic carbocycles. The molecule has 1 saturated carbocycles. The summed E-state index contributed by atoms with van der Waals surface area (Å²) < 4.78 is 2.40. The van der Waals surface area contributed by atoms with Crippen LogP contribution in [0.1, 0.15) is 31.2 Å². The van der Waals surface area contributed by atoms with E-state index >= 15 is 0 Å². The first-order valence-corrected chi connectivity index (χ1v) is 7.51. The van der Waals surface area contributed by atoms with Gasteiger partial charge in [0, 0.05) is 15.0 Å². The molecule has 1 fully saturated rings. The summed E-state index contributed by atoms with van der Waals surface area (Å²) in [6, 6.07) is 7.24. The van der Waals surface area contributed by atoms with Gasteiger partial charge in [-0.2, -0.15) is 0 Å². The van der Waals surface area contributed by atoms with Crippen LogP contribution < -0.4 is 5.32 Å². The van der Waals surface area contributed by atoms with Crippen molar-refractivity contribution >= 4 is 31.9 Å². The van der Waals surface area contributed by atoms with E-state index in [9.17, 15) is 0 Å². The number of aryl methyl sites for hydroxylation is 1. The van der Waals surface area contributed by atoms with Gasteiger partial charge in [-0.1, -0.05) is 31.9 Å². The van der Waals surface area contributed by atoms with Crippen LogP contribution in [0.15, 0.2) is 27.1 Å². The molecular weight excluding hydrogens is 330 g/mol. The van der Waals surface area contributed by atoms with E-state index in [-0.39, 0.29) is 0 Å². The summed E-state index contributed by atoms with van der Waals surface area (Å²) in [5, 5.41) is 3.55. The predicted molar refractivity (Wildman–Crippen MR) is 75.8 cm³/mol. The summed E-state index contributed by atoms with van der Waals surface area (Å²) in [5.74, 6) is 0. The average molecular weight is 347 g/mol. The molecule has 1 aliphatic rings. The van der Waals surface area contributed by atoms with Crippen molar-refractivity contribution < 1.29 is 0 Å². The van der Waals surface area contributed by atoms with Gasteiger partial charge in [0.05, 0.1) is 0 Å². The number of rotatable bonds is 6. The fourth-order valence-corrected chi connectivity index (χ4v) is 2.62. The molecule has 0 unspecified atom stereocenters. The van der Waals surface area contributed by atoms with Gasteiger partial charge in [0.2, 0.25) is 0 Å². The Balaban J connectivity index is 1.69. The van der Waals surface area contributed by atoms with Crippen molar-refractivity contribution in [2.24, 2.45) is 0 Å². The van der Waals surface area contributed by atoms with Crippen molar-refractivity contribution in [1.29, 1.82) is 0 Å². The molecule has 1 N–H and O–H groups in total. The molecule has 0 bridgehead atoms. The Morgan fingerprint density at radius 3 is 2.75 bits per heavy atom. The Labute approximate surface area is 114 Å². The third kappa shape index (κ3) is 4.19. The lowest BCUT2D eigenvalue weighted by Gasteiger charge is -2.06. The molecule has 0 spiro atoms. The molecule has 0 radical (unpaired) electrons. The van der Waals surface area contributed by atoms with Gasteiger partial charge in [0.1, 0.15) is 0 Å². The van der Waals surface area contributed by atoms with Crippen LogP contribution >= 0.6 is 31.9 Å². The van der Waals surface area contributed by atoms with Gasteiger partial charge in [0.15, 0.2) is 0 Å². The van der Waals surface area contributed by atoms with Gasteiger partial charge in [0.25, 0.3) is 0 Å². The van der Waals surface area contributed by atoms with Crippen molar-refractivity contribution in [1.82, 2.24) is 5.32 Å². The maximum Gasteiger partial charge on any atom is 0.0208 e. The van der Waals surface area contributed by atoms with E-state index < -0.39 is 0 Å². The molecule has 0 aromatic heterocycles. The van der Waals surface area contributed by atoms with Crippen LogP contribution in [-0.2, 0) is 6.42 Å². The number of halogens is 2. The summed E-state index contributed by atoms with van der Waals surface area (Å²) in [7, 11) is 0. The maximum atomic E-state index is 3.60. The molecule has 1 aromatic rings. The van der Waals surface area contributed by atoms with Crippen LogP contribution in [0.2, 0.25) is 0 Å². The van der Waals surface area contributed by atoms with Crippen LogP contribution in [0.5, 0.6) is 0 Å². The largest absolute Gasteiger partial charge is 0.314 e. The molecule has 2 rings (SSSR count). The number of benzene rings is 1. The van der Waals surface area contributed by atoms with E-state index in [0.29, 0.717) is 0 Å². The Bertz CT molecular complexity index is 348. The zero-order valence-corrected chi connectivity index (χ0v) is 12.5. The van der Waals surface area contributed by atoms with Crippen molar-refractivity contribution in [3.8, 4) is 0 Å². The summed E-state index contributed by atoms with van der Waals surface area (Å²) >= 11 is 7.11. The van der Waals surface area contributed by atoms with E-state index in [1.54, 1.807) is 0 Å². The van der Waals surface area contributed by atoms with E-state index in [2.05, 4.69) is 55.4 Å². The lowest BCUT2D eigenvalue weighted by Crippen LogP contribution is -2.17. The quantitative estimate of drug-likeness (QED) is 0.758. The second-order valence-electron chi connectivity index (χ2n) is 4.42. The fourth-order valence-electron chi connectivity index (χ4n) is 1.77. The Kier molecular flexibility index (Phi) is 4.86. The van der Waals surface area contributed by atoms with Gasteiger partial charge in [-0.05, 0) is 62.4 Å². The topological polar surface area (TPSA) is 12.0 Å². The summed E-state index contributed by atoms with van der Waals surface area (Å²) in [5.41, 5.74) is 1.40. The first-order chi connectivity index (χ1) is 7.75. The monoisotopic (exact) mass is 345 g/mol. The molecule has 3 heteroatoms. The van der Waals surface area contributed by atoms with Crippen LogP contribution in [-0.4, -0.2) is 12.6 Å². The van der Waals surface area contributed by atoms with Crippen molar-refractivity contribution in [2.45, 2.75) is 38.1 Å². The lowest BCUT2D eigenvalue weighted by atomic mass is 10.1. The molecule has 0 aliphatic heterocycles. The number of nitrogens with one attached hydrogen (secondary N) is 1. The molecular formula is C13H17Br2N. The highest BCUT2D eigenvalue weighted by molar-refractivity contribution is 9.11. The first kappa shape index (κ1) is 12.6. The lowest BCUT2D eigenvalue weighted by molar-refractivity contribution is 0.619. The second kappa shape index (κ2) is 6.18. The minimum Gasteiger partial charge on any atom is -0.314 e. The normalized spacial score (nSPS) is 15.4. The fraction of sp³-hybridized carbons (Fsp3) is 0.538. The molecule has 0 saturated heterocycles. The van der Waals surface area contributed by atoms with Crippen LogP contribution in [0.25, 0.3) is 0 Å². The number of hydrogen-bond donors (Lipinski definition) is 1. The summed E-state index contributed by atoms with van der Waals surface area (Å²) in [6.07, 6.45) is 6.46. The van der Waals surface area contributed by atoms with Crippen molar-refractivity contribution in [3.05, 3.63) is 32.7 Å². The Hall–Kier alpha value is 0.140. The van der Waals surface area contributed by atoms with Gasteiger partial charge >= 0.3 is 0 Å². The summed E-state index contributed by atoms with van der Waals surface area (Å²) in [6.45, 7) is 1.18. The standard InChI is InChI=1S/C13H17Br2N/c14-11-4-7-13(15)10(9-11)3-1-2-8-16-12-5-6-12/h4,7,9,12,16H,1-3,5-6,8H2. The van der Waals surface area contributed by atoms with Crippen molar-refractivity contribution in [2.75, 3.05) is 6.54 Å². The van der Waals surface area contributed by atoms with Gasteiger partial charge in [-0.25, -0.2) is 0 Å². The Morgan fingerprint density at radius 1 is 1.19 bits per heavy atom. The smallest absolute Gasteiger partial charge is 0.0208 e. The van der Waals surface area contributed by atoms with E-state index in [1.807, 2.05) is 0 Å². The average Bonchev–Trinajstić information content (AvgIpc) is 3.06. The highest BCUT2D eigenvalue weighted by atomic mass is 79.9. The van der Waals surface area contributed by atoms with E-state index in [0.717, 1.165) is 12.5 Å². The molecule has 1 aliphatic carbocycles. The third-order valence-electron chi connectivity index (χ3n) is 2.89. The molecule has 16 heavy (non-hydrogen) atoms. The predicted octanol–water partition coefficient (Wildman–Crippen LogP) is 4.29. The summed E-state index contributed by atoms with van der Waals surface area (Å²) in [4.78, 5) is 0. The first-order valence-electron chi connectivity index (χ1n) is 5.93. The molecule has 0 atom stereocenters. The highest BCUT2D eigenvalue weighted by Gasteiger charge is 2.19. The third-order valence-corrected chi connectivity index (χ3v) is 4.16. The molecule has 1 nitrogen and oxygen atoms in total. The number of unbranched alkanes of at least 4 members (excludes halogenated alkanes) is 1. The van der Waals surface area contributed by atoms with Gasteiger partial charge in [-0.15, -0.1) is 0 Å². The van der Waals surface area contributed by atoms with Crippen LogP contribution in [0.4, 0.5) is 0 Å². The van der Waals surface area contributed by atoms with Gasteiger partial charge in [-0.3, -0.25) is 0 Å². The van der Waals surface area contributed by atoms with Crippen molar-refractivity contribution in [3.63, 3.8) is 0 Å². The van der Waals surface area contributed by atoms with Gasteiger partial charge < -0.3 is 5.32 Å². The van der Waals surface area contributed by atoms with Crippen LogP contribution in [0.3, 0.4) is 0 Å². The zero-order valence-electron chi connectivity index (χ0n) is 9.31. The zero-order chi connectivity index (χ0) is 11.4.